The summed E-state index contributed by atoms with van der Waals surface area (Å²) in [5, 5.41) is 0. The van der Waals surface area contributed by atoms with Gasteiger partial charge in [0.05, 0.1) is 17.5 Å². The molecule has 2 amide bonds. The Hall–Kier alpha value is -3.29. The van der Waals surface area contributed by atoms with Crippen molar-refractivity contribution in [3.8, 4) is 5.75 Å². The van der Waals surface area contributed by atoms with Crippen LogP contribution in [0, 0.1) is 0 Å². The van der Waals surface area contributed by atoms with E-state index in [-0.39, 0.29) is 30.5 Å². The Morgan fingerprint density at radius 1 is 0.680 bits per heavy atom. The number of carbonyl (C=O) groups is 2. The lowest BCUT2D eigenvalue weighted by molar-refractivity contribution is 0.00578. The molecule has 11 nitrogen and oxygen atoms in total. The van der Waals surface area contributed by atoms with Crippen molar-refractivity contribution < 1.29 is 41.0 Å². The van der Waals surface area contributed by atoms with Crippen LogP contribution >= 0.6 is 0 Å². The van der Waals surface area contributed by atoms with Crippen LogP contribution in [0.5, 0.6) is 5.75 Å². The molecule has 0 aromatic heterocycles. The molecule has 50 heavy (non-hydrogen) atoms. The molecule has 13 heteroatoms. The molecule has 0 radical (unpaired) electrons. The molecular weight excluding hydrogens is 659 g/mol. The van der Waals surface area contributed by atoms with Gasteiger partial charge < -0.3 is 32.8 Å². The van der Waals surface area contributed by atoms with Crippen molar-refractivity contribution in [1.82, 2.24) is 9.80 Å². The molecule has 0 aliphatic carbocycles. The van der Waals surface area contributed by atoms with Crippen LogP contribution in [0.4, 0.5) is 9.59 Å². The second kappa shape index (κ2) is 14.8. The number of ether oxygens (including phenoxy) is 2. The summed E-state index contributed by atoms with van der Waals surface area (Å²) >= 11 is 0. The smallest absolute Gasteiger partial charge is 0.444 e. The number of hydrogen-bond acceptors (Lipinski definition) is 9. The third-order valence-electron chi connectivity index (χ3n) is 9.09. The molecule has 3 aliphatic heterocycles. The zero-order chi connectivity index (χ0) is 37.3. The van der Waals surface area contributed by atoms with E-state index in [1.807, 2.05) is 47.6 Å². The first kappa shape index (κ1) is 39.5. The van der Waals surface area contributed by atoms with E-state index in [1.165, 1.54) is 11.1 Å². The third-order valence-corrected chi connectivity index (χ3v) is 9.58. The summed E-state index contributed by atoms with van der Waals surface area (Å²) < 4.78 is 50.6. The summed E-state index contributed by atoms with van der Waals surface area (Å²) in [6.07, 6.45) is 3.44. The lowest BCUT2D eigenvalue weighted by atomic mass is 9.77. The van der Waals surface area contributed by atoms with E-state index in [2.05, 4.69) is 45.9 Å². The van der Waals surface area contributed by atoms with Crippen LogP contribution in [0.25, 0.3) is 0 Å². The molecule has 276 valence electrons. The standard InChI is InChI=1S/C21H32BNO4.C16H23NO5S/c1-19(2,3)25-18(24)23-12-10-15-8-9-17(14-16(15)11-13-23)22-26-20(4,5)21(6,7)27-22;1-16(2,3)21-15(18)17-9-7-12-5-6-14(22-23(4,19)20)11-13(12)8-10-17/h8-9,14H,10-13H2,1-7H3;5-6,11H,7-10H2,1-4H3. The summed E-state index contributed by atoms with van der Waals surface area (Å²) in [4.78, 5) is 28.1. The fourth-order valence-electron chi connectivity index (χ4n) is 5.82. The maximum absolute atomic E-state index is 12.4. The molecular formula is C37H55BN2O9S. The minimum atomic E-state index is -3.54. The number of hydrogen-bond donors (Lipinski definition) is 0. The molecule has 0 saturated carbocycles. The van der Waals surface area contributed by atoms with Crippen LogP contribution in [0.2, 0.25) is 0 Å². The summed E-state index contributed by atoms with van der Waals surface area (Å²) in [6, 6.07) is 11.6. The highest BCUT2D eigenvalue weighted by Gasteiger charge is 2.51. The van der Waals surface area contributed by atoms with Crippen molar-refractivity contribution in [1.29, 1.82) is 0 Å². The SMILES string of the molecule is CC(C)(C)OC(=O)N1CCc2ccc(B3OC(C)(C)C(C)(C)O3)cc2CC1.CC(C)(C)OC(=O)N1CCc2ccc(OS(C)(=O)=O)cc2CC1. The maximum atomic E-state index is 12.4. The molecule has 3 aliphatic rings. The van der Waals surface area contributed by atoms with Gasteiger partial charge in [-0.1, -0.05) is 24.3 Å². The highest BCUT2D eigenvalue weighted by molar-refractivity contribution is 7.86. The molecule has 0 N–H and O–H groups in total. The molecule has 0 atom stereocenters. The zero-order valence-electron chi connectivity index (χ0n) is 31.7. The van der Waals surface area contributed by atoms with Gasteiger partial charge in [0.1, 0.15) is 17.0 Å². The van der Waals surface area contributed by atoms with Crippen molar-refractivity contribution in [2.75, 3.05) is 32.4 Å². The van der Waals surface area contributed by atoms with Gasteiger partial charge in [0.25, 0.3) is 0 Å². The number of carbonyl (C=O) groups excluding carboxylic acids is 2. The van der Waals surface area contributed by atoms with Crippen LogP contribution in [-0.4, -0.2) is 92.4 Å². The number of benzene rings is 2. The quantitative estimate of drug-likeness (QED) is 0.292. The Labute approximate surface area is 299 Å². The molecule has 1 saturated heterocycles. The number of nitrogens with zero attached hydrogens (tertiary/aromatic N) is 2. The Morgan fingerprint density at radius 2 is 1.08 bits per heavy atom. The minimum Gasteiger partial charge on any atom is -0.444 e. The van der Waals surface area contributed by atoms with Gasteiger partial charge in [0.2, 0.25) is 0 Å². The monoisotopic (exact) mass is 714 g/mol. The van der Waals surface area contributed by atoms with E-state index in [9.17, 15) is 18.0 Å². The van der Waals surface area contributed by atoms with Crippen molar-refractivity contribution in [3.63, 3.8) is 0 Å². The van der Waals surface area contributed by atoms with Gasteiger partial charge in [0.15, 0.2) is 0 Å². The van der Waals surface area contributed by atoms with E-state index in [1.54, 1.807) is 21.9 Å². The second-order valence-electron chi connectivity index (χ2n) is 16.3. The van der Waals surface area contributed by atoms with Crippen LogP contribution < -0.4 is 9.65 Å². The number of fused-ring (bicyclic) bond motifs is 2. The van der Waals surface area contributed by atoms with Gasteiger partial charge in [-0.2, -0.15) is 8.42 Å². The fourth-order valence-corrected chi connectivity index (χ4v) is 6.27. The van der Waals surface area contributed by atoms with Crippen LogP contribution in [0.1, 0.15) is 91.5 Å². The van der Waals surface area contributed by atoms with Crippen LogP contribution in [0.15, 0.2) is 36.4 Å². The normalized spacial score (nSPS) is 18.8. The molecule has 0 bridgehead atoms. The van der Waals surface area contributed by atoms with Gasteiger partial charge in [-0.15, -0.1) is 0 Å². The first-order valence-corrected chi connectivity index (χ1v) is 19.2. The van der Waals surface area contributed by atoms with Crippen molar-refractivity contribution in [2.45, 2.75) is 117 Å². The molecule has 5 rings (SSSR count). The average Bonchev–Trinajstić information content (AvgIpc) is 3.17. The van der Waals surface area contributed by atoms with Gasteiger partial charge in [0, 0.05) is 26.2 Å². The molecule has 3 heterocycles. The summed E-state index contributed by atoms with van der Waals surface area (Å²) in [5.74, 6) is 0.303. The van der Waals surface area contributed by atoms with Crippen LogP contribution in [-0.2, 0) is 54.6 Å². The summed E-state index contributed by atoms with van der Waals surface area (Å²) in [6.45, 7) is 21.9. The molecule has 2 aromatic carbocycles. The van der Waals surface area contributed by atoms with Gasteiger partial charge in [-0.25, -0.2) is 9.59 Å². The second-order valence-corrected chi connectivity index (χ2v) is 17.8. The highest BCUT2D eigenvalue weighted by Crippen LogP contribution is 2.36. The fraction of sp³-hybridized carbons (Fsp3) is 0.622. The van der Waals surface area contributed by atoms with Crippen molar-refractivity contribution in [2.24, 2.45) is 0 Å². The highest BCUT2D eigenvalue weighted by atomic mass is 32.2. The first-order valence-electron chi connectivity index (χ1n) is 17.4. The maximum Gasteiger partial charge on any atom is 0.494 e. The topological polar surface area (TPSA) is 121 Å². The van der Waals surface area contributed by atoms with E-state index in [0.717, 1.165) is 35.7 Å². The zero-order valence-corrected chi connectivity index (χ0v) is 32.5. The van der Waals surface area contributed by atoms with Crippen molar-refractivity contribution in [3.05, 3.63) is 58.7 Å². The number of rotatable bonds is 3. The summed E-state index contributed by atoms with van der Waals surface area (Å²) in [5.41, 5.74) is 3.98. The predicted octanol–water partition coefficient (Wildman–Crippen LogP) is 5.68. The van der Waals surface area contributed by atoms with Crippen LogP contribution in [0.3, 0.4) is 0 Å². The third kappa shape index (κ3) is 10.9. The lowest BCUT2D eigenvalue weighted by Gasteiger charge is -2.32. The van der Waals surface area contributed by atoms with E-state index in [0.29, 0.717) is 44.8 Å². The molecule has 0 unspecified atom stereocenters. The van der Waals surface area contributed by atoms with Crippen molar-refractivity contribution >= 4 is 34.9 Å². The molecule has 0 spiro atoms. The molecule has 2 aromatic rings. The average molecular weight is 715 g/mol. The summed E-state index contributed by atoms with van der Waals surface area (Å²) in [7, 11) is -3.90. The molecule has 1 fully saturated rings. The van der Waals surface area contributed by atoms with Gasteiger partial charge in [-0.05, 0) is 135 Å². The van der Waals surface area contributed by atoms with E-state index in [4.69, 9.17) is 23.0 Å². The van der Waals surface area contributed by atoms with E-state index >= 15 is 0 Å². The van der Waals surface area contributed by atoms with Gasteiger partial charge in [-0.3, -0.25) is 0 Å². The Balaban J connectivity index is 0.000000228. The minimum absolute atomic E-state index is 0.235. The predicted molar refractivity (Wildman–Crippen MR) is 195 cm³/mol. The lowest BCUT2D eigenvalue weighted by Crippen LogP contribution is -2.41. The Bertz CT molecular complexity index is 1650. The van der Waals surface area contributed by atoms with E-state index < -0.39 is 21.3 Å². The first-order chi connectivity index (χ1) is 22.9. The number of amides is 2. The largest absolute Gasteiger partial charge is 0.494 e. The Kier molecular flexibility index (Phi) is 11.7. The van der Waals surface area contributed by atoms with Gasteiger partial charge >= 0.3 is 29.4 Å². The Morgan fingerprint density at radius 3 is 1.50 bits per heavy atom.